The van der Waals surface area contributed by atoms with Crippen LogP contribution in [0, 0.1) is 0 Å². The van der Waals surface area contributed by atoms with E-state index in [1.807, 2.05) is 53.9 Å². The van der Waals surface area contributed by atoms with Crippen LogP contribution < -0.4 is 15.0 Å². The smallest absolute Gasteiger partial charge is 0.262 e. The van der Waals surface area contributed by atoms with Gasteiger partial charge >= 0.3 is 0 Å². The Morgan fingerprint density at radius 2 is 1.96 bits per heavy atom. The van der Waals surface area contributed by atoms with Crippen LogP contribution in [0.1, 0.15) is 22.2 Å². The highest BCUT2D eigenvalue weighted by Gasteiger charge is 2.35. The third-order valence-electron chi connectivity index (χ3n) is 3.93. The van der Waals surface area contributed by atoms with Crippen molar-refractivity contribution < 1.29 is 9.53 Å². The summed E-state index contributed by atoms with van der Waals surface area (Å²) in [6.07, 6.45) is -0.403. The normalized spacial score (nSPS) is 16.5. The maximum atomic E-state index is 13.1. The van der Waals surface area contributed by atoms with E-state index >= 15 is 0 Å². The largest absolute Gasteiger partial charge is 0.497 e. The van der Waals surface area contributed by atoms with Gasteiger partial charge in [-0.05, 0) is 47.9 Å². The maximum absolute atomic E-state index is 13.1. The van der Waals surface area contributed by atoms with Crippen LogP contribution in [0.2, 0.25) is 0 Å². The number of nitrogens with zero attached hydrogens (tertiary/aromatic N) is 3. The number of hydrogen-bond donors (Lipinski definition) is 1. The molecule has 120 valence electrons. The van der Waals surface area contributed by atoms with Gasteiger partial charge in [0.05, 0.1) is 12.7 Å². The summed E-state index contributed by atoms with van der Waals surface area (Å²) in [5, 5.41) is 9.37. The highest BCUT2D eigenvalue weighted by Crippen LogP contribution is 2.36. The summed E-state index contributed by atoms with van der Waals surface area (Å²) >= 11 is 1.26. The Balaban J connectivity index is 1.82. The molecule has 1 aromatic heterocycles. The lowest BCUT2D eigenvalue weighted by Gasteiger charge is -2.36. The number of fused-ring (bicyclic) bond motifs is 1. The average molecular weight is 338 g/mol. The molecule has 0 spiro atoms. The van der Waals surface area contributed by atoms with E-state index in [1.54, 1.807) is 12.0 Å². The molecule has 4 rings (SSSR count). The van der Waals surface area contributed by atoms with E-state index in [1.165, 1.54) is 11.5 Å². The first-order valence-electron chi connectivity index (χ1n) is 7.38. The molecular weight excluding hydrogens is 324 g/mol. The minimum atomic E-state index is -0.403. The lowest BCUT2D eigenvalue weighted by atomic mass is 10.1. The molecule has 0 saturated heterocycles. The quantitative estimate of drug-likeness (QED) is 0.793. The molecular formula is C17H14N4O2S. The number of anilines is 2. The first-order chi connectivity index (χ1) is 11.8. The van der Waals surface area contributed by atoms with Crippen molar-refractivity contribution >= 4 is 28.8 Å². The van der Waals surface area contributed by atoms with E-state index in [-0.39, 0.29) is 5.91 Å². The van der Waals surface area contributed by atoms with Gasteiger partial charge in [0, 0.05) is 16.8 Å². The molecule has 0 fully saturated rings. The number of benzene rings is 2. The van der Waals surface area contributed by atoms with E-state index < -0.39 is 6.17 Å². The van der Waals surface area contributed by atoms with Crippen LogP contribution in [-0.2, 0) is 0 Å². The predicted molar refractivity (Wildman–Crippen MR) is 92.5 cm³/mol. The number of aromatic nitrogens is 2. The van der Waals surface area contributed by atoms with Crippen molar-refractivity contribution in [2.24, 2.45) is 0 Å². The molecule has 3 aromatic rings. The third-order valence-corrected chi connectivity index (χ3v) is 4.46. The molecule has 1 N–H and O–H groups in total. The van der Waals surface area contributed by atoms with Gasteiger partial charge in [-0.1, -0.05) is 16.6 Å². The highest BCUT2D eigenvalue weighted by atomic mass is 32.1. The summed E-state index contributed by atoms with van der Waals surface area (Å²) in [4.78, 5) is 14.8. The van der Waals surface area contributed by atoms with Crippen LogP contribution in [-0.4, -0.2) is 22.6 Å². The van der Waals surface area contributed by atoms with Crippen molar-refractivity contribution in [1.29, 1.82) is 0 Å². The fraction of sp³-hybridized carbons (Fsp3) is 0.118. The van der Waals surface area contributed by atoms with Crippen molar-refractivity contribution in [1.82, 2.24) is 9.59 Å². The van der Waals surface area contributed by atoms with Crippen LogP contribution in [0.3, 0.4) is 0 Å². The Hall–Kier alpha value is -2.93. The Morgan fingerprint density at radius 1 is 1.17 bits per heavy atom. The predicted octanol–water partition coefficient (Wildman–Crippen LogP) is 3.32. The molecule has 0 radical (unpaired) electrons. The summed E-state index contributed by atoms with van der Waals surface area (Å²) < 4.78 is 9.13. The van der Waals surface area contributed by atoms with Crippen molar-refractivity contribution in [3.8, 4) is 5.75 Å². The zero-order valence-electron chi connectivity index (χ0n) is 12.8. The van der Waals surface area contributed by atoms with Gasteiger partial charge in [0.1, 0.15) is 11.4 Å². The summed E-state index contributed by atoms with van der Waals surface area (Å²) in [6, 6.07) is 14.9. The van der Waals surface area contributed by atoms with Crippen molar-refractivity contribution in [3.63, 3.8) is 0 Å². The van der Waals surface area contributed by atoms with Crippen LogP contribution in [0.15, 0.2) is 53.9 Å². The second-order valence-electron chi connectivity index (χ2n) is 5.30. The number of carbonyl (C=O) groups excluding carboxylic acids is 1. The number of carbonyl (C=O) groups is 1. The Bertz CT molecular complexity index is 865. The molecule has 0 bridgehead atoms. The number of para-hydroxylation sites is 1. The molecule has 6 nitrogen and oxygen atoms in total. The van der Waals surface area contributed by atoms with E-state index in [0.29, 0.717) is 11.3 Å². The maximum Gasteiger partial charge on any atom is 0.262 e. The SMILES string of the molecule is COc1ccc(N2C(=O)c3ccccc3N[C@@H]2c2csnn2)cc1. The van der Waals surface area contributed by atoms with Crippen molar-refractivity contribution in [2.75, 3.05) is 17.3 Å². The van der Waals surface area contributed by atoms with Gasteiger partial charge in [-0.3, -0.25) is 9.69 Å². The van der Waals surface area contributed by atoms with E-state index in [9.17, 15) is 4.79 Å². The van der Waals surface area contributed by atoms with Gasteiger partial charge < -0.3 is 10.1 Å². The second-order valence-corrected chi connectivity index (χ2v) is 5.91. The Kier molecular flexibility index (Phi) is 3.62. The van der Waals surface area contributed by atoms with Crippen molar-refractivity contribution in [2.45, 2.75) is 6.17 Å². The highest BCUT2D eigenvalue weighted by molar-refractivity contribution is 7.03. The van der Waals surface area contributed by atoms with E-state index in [0.717, 1.165) is 17.1 Å². The van der Waals surface area contributed by atoms with Gasteiger partial charge in [0.2, 0.25) is 0 Å². The first-order valence-corrected chi connectivity index (χ1v) is 8.22. The molecule has 1 aliphatic heterocycles. The number of rotatable bonds is 3. The molecule has 0 saturated carbocycles. The van der Waals surface area contributed by atoms with Crippen LogP contribution >= 0.6 is 11.5 Å². The number of methoxy groups -OCH3 is 1. The van der Waals surface area contributed by atoms with E-state index in [2.05, 4.69) is 14.9 Å². The van der Waals surface area contributed by atoms with Gasteiger partial charge in [0.15, 0.2) is 6.17 Å². The number of hydrogen-bond acceptors (Lipinski definition) is 6. The molecule has 7 heteroatoms. The Labute approximate surface area is 142 Å². The minimum absolute atomic E-state index is 0.0764. The molecule has 24 heavy (non-hydrogen) atoms. The fourth-order valence-corrected chi connectivity index (χ4v) is 3.23. The molecule has 1 amide bonds. The lowest BCUT2D eigenvalue weighted by Crippen LogP contribution is -2.43. The van der Waals surface area contributed by atoms with Gasteiger partial charge in [-0.15, -0.1) is 5.10 Å². The average Bonchev–Trinajstić information content (AvgIpc) is 3.16. The molecule has 0 aliphatic carbocycles. The molecule has 1 atom stereocenters. The minimum Gasteiger partial charge on any atom is -0.497 e. The molecule has 2 aromatic carbocycles. The zero-order valence-corrected chi connectivity index (χ0v) is 13.7. The van der Waals surface area contributed by atoms with Crippen LogP contribution in [0.5, 0.6) is 5.75 Å². The Morgan fingerprint density at radius 3 is 2.67 bits per heavy atom. The fourth-order valence-electron chi connectivity index (χ4n) is 2.76. The van der Waals surface area contributed by atoms with Crippen molar-refractivity contribution in [3.05, 3.63) is 65.2 Å². The number of nitrogens with one attached hydrogen (secondary N) is 1. The summed E-state index contributed by atoms with van der Waals surface area (Å²) in [7, 11) is 1.61. The number of ether oxygens (including phenoxy) is 1. The van der Waals surface area contributed by atoms with Crippen LogP contribution in [0.4, 0.5) is 11.4 Å². The van der Waals surface area contributed by atoms with Gasteiger partial charge in [-0.25, -0.2) is 0 Å². The molecule has 2 heterocycles. The second kappa shape index (κ2) is 5.93. The third kappa shape index (κ3) is 2.39. The molecule has 0 unspecified atom stereocenters. The van der Waals surface area contributed by atoms with E-state index in [4.69, 9.17) is 4.74 Å². The lowest BCUT2D eigenvalue weighted by molar-refractivity contribution is 0.0974. The van der Waals surface area contributed by atoms with Gasteiger partial charge in [0.25, 0.3) is 5.91 Å². The zero-order chi connectivity index (χ0) is 16.5. The first kappa shape index (κ1) is 14.6. The number of amides is 1. The summed E-state index contributed by atoms with van der Waals surface area (Å²) in [5.74, 6) is 0.663. The van der Waals surface area contributed by atoms with Crippen LogP contribution in [0.25, 0.3) is 0 Å². The monoisotopic (exact) mass is 338 g/mol. The summed E-state index contributed by atoms with van der Waals surface area (Å²) in [5.41, 5.74) is 2.90. The molecule has 1 aliphatic rings. The summed E-state index contributed by atoms with van der Waals surface area (Å²) in [6.45, 7) is 0. The standard InChI is InChI=1S/C17H14N4O2S/c1-23-12-8-6-11(7-9-12)21-16(15-10-24-20-19-15)18-14-5-3-2-4-13(14)17(21)22/h2-10,16,18H,1H3/t16-/m0/s1. The topological polar surface area (TPSA) is 67.3 Å². The van der Waals surface area contributed by atoms with Gasteiger partial charge in [-0.2, -0.15) is 0 Å².